The van der Waals surface area contributed by atoms with Crippen LogP contribution in [0.5, 0.6) is 0 Å². The minimum absolute atomic E-state index is 0.202. The minimum Gasteiger partial charge on any atom is -0.313 e. The van der Waals surface area contributed by atoms with Crippen LogP contribution >= 0.6 is 0 Å². The lowest BCUT2D eigenvalue weighted by Gasteiger charge is -2.24. The highest BCUT2D eigenvalue weighted by molar-refractivity contribution is 5.41. The first-order chi connectivity index (χ1) is 9.29. The molecule has 1 unspecified atom stereocenters. The smallest absolute Gasteiger partial charge is 0.0243 e. The largest absolute Gasteiger partial charge is 0.313 e. The lowest BCUT2D eigenvalue weighted by Crippen LogP contribution is -2.31. The highest BCUT2D eigenvalue weighted by Gasteiger charge is 2.17. The molecule has 1 heteroatoms. The molecular weight excluding hydrogens is 242 g/mol. The maximum atomic E-state index is 5.48. The maximum absolute atomic E-state index is 5.48. The van der Waals surface area contributed by atoms with Crippen LogP contribution in [-0.2, 0) is 11.8 Å². The summed E-state index contributed by atoms with van der Waals surface area (Å²) in [6.45, 7) is 14.3. The minimum atomic E-state index is 0.202. The van der Waals surface area contributed by atoms with Crippen molar-refractivity contribution in [3.05, 3.63) is 34.4 Å². The molecule has 0 aliphatic heterocycles. The van der Waals surface area contributed by atoms with Crippen molar-refractivity contribution in [2.45, 2.75) is 65.8 Å². The summed E-state index contributed by atoms with van der Waals surface area (Å²) in [6.07, 6.45) is 7.28. The van der Waals surface area contributed by atoms with E-state index in [-0.39, 0.29) is 5.41 Å². The van der Waals surface area contributed by atoms with Gasteiger partial charge in [0, 0.05) is 12.5 Å². The zero-order valence-electron chi connectivity index (χ0n) is 13.9. The van der Waals surface area contributed by atoms with Gasteiger partial charge in [0.2, 0.25) is 0 Å². The molecule has 0 radical (unpaired) electrons. The Hall–Kier alpha value is -1.26. The Morgan fingerprint density at radius 3 is 2.15 bits per heavy atom. The van der Waals surface area contributed by atoms with Crippen molar-refractivity contribution >= 4 is 0 Å². The normalized spacial score (nSPS) is 13.1. The molecule has 1 aromatic carbocycles. The lowest BCUT2D eigenvalue weighted by molar-refractivity contribution is 0.532. The van der Waals surface area contributed by atoms with Crippen LogP contribution in [0.25, 0.3) is 0 Å². The molecule has 1 aromatic rings. The summed E-state index contributed by atoms with van der Waals surface area (Å²) in [4.78, 5) is 0. The third-order valence-corrected chi connectivity index (χ3v) is 3.87. The maximum Gasteiger partial charge on any atom is 0.0243 e. The molecule has 0 aromatic heterocycles. The molecule has 0 amide bonds. The Morgan fingerprint density at radius 1 is 1.20 bits per heavy atom. The van der Waals surface area contributed by atoms with Crippen LogP contribution in [0.4, 0.5) is 0 Å². The Labute approximate surface area is 125 Å². The quantitative estimate of drug-likeness (QED) is 0.794. The molecule has 0 spiro atoms. The lowest BCUT2D eigenvalue weighted by atomic mass is 9.83. The van der Waals surface area contributed by atoms with Gasteiger partial charge in [-0.1, -0.05) is 39.8 Å². The van der Waals surface area contributed by atoms with E-state index in [1.807, 2.05) is 0 Å². The Morgan fingerprint density at radius 2 is 1.75 bits per heavy atom. The summed E-state index contributed by atoms with van der Waals surface area (Å²) in [5.41, 5.74) is 5.82. The molecule has 1 nitrogen and oxygen atoms in total. The van der Waals surface area contributed by atoms with Gasteiger partial charge in [0.25, 0.3) is 0 Å². The molecule has 0 bridgehead atoms. The monoisotopic (exact) mass is 271 g/mol. The van der Waals surface area contributed by atoms with E-state index in [1.165, 1.54) is 22.3 Å². The van der Waals surface area contributed by atoms with Crippen molar-refractivity contribution in [1.29, 1.82) is 0 Å². The summed E-state index contributed by atoms with van der Waals surface area (Å²) < 4.78 is 0. The first kappa shape index (κ1) is 16.8. The van der Waals surface area contributed by atoms with E-state index < -0.39 is 0 Å². The highest BCUT2D eigenvalue weighted by atomic mass is 14.9. The number of hydrogen-bond acceptors (Lipinski definition) is 1. The number of likely N-dealkylation sites (N-methyl/N-ethyl adjacent to an activating group) is 1. The summed E-state index contributed by atoms with van der Waals surface area (Å²) in [5.74, 6) is 2.78. The summed E-state index contributed by atoms with van der Waals surface area (Å²) >= 11 is 0. The standard InChI is InChI=1S/C19H29N/c1-8-10-17(20-9-2)13-18-14(3)11-16(12-15(18)4)19(5,6)7/h1,11-12,17,20H,9-10,13H2,2-7H3. The van der Waals surface area contributed by atoms with Crippen LogP contribution < -0.4 is 5.32 Å². The number of terminal acetylenes is 1. The van der Waals surface area contributed by atoms with Gasteiger partial charge in [-0.15, -0.1) is 12.3 Å². The SMILES string of the molecule is C#CCC(Cc1c(C)cc(C(C)(C)C)cc1C)NCC. The summed E-state index contributed by atoms with van der Waals surface area (Å²) in [5, 5.41) is 3.49. The number of aryl methyl sites for hydroxylation is 2. The number of rotatable bonds is 5. The average Bonchev–Trinajstić information content (AvgIpc) is 2.32. The van der Waals surface area contributed by atoms with Crippen LogP contribution in [0.3, 0.4) is 0 Å². The molecule has 20 heavy (non-hydrogen) atoms. The van der Waals surface area contributed by atoms with Gasteiger partial charge in [-0.05, 0) is 54.5 Å². The van der Waals surface area contributed by atoms with Crippen LogP contribution in [0.15, 0.2) is 12.1 Å². The third kappa shape index (κ3) is 4.39. The van der Waals surface area contributed by atoms with E-state index in [1.54, 1.807) is 0 Å². The Kier molecular flexibility index (Phi) is 5.84. The molecule has 0 fully saturated rings. The Balaban J connectivity index is 3.05. The number of nitrogens with one attached hydrogen (secondary N) is 1. The summed E-state index contributed by atoms with van der Waals surface area (Å²) in [6, 6.07) is 5.05. The molecule has 0 aliphatic rings. The number of benzene rings is 1. The molecular formula is C19H29N. The van der Waals surface area contributed by atoms with Crippen LogP contribution in [0.2, 0.25) is 0 Å². The predicted octanol–water partition coefficient (Wildman–Crippen LogP) is 4.14. The van der Waals surface area contributed by atoms with Crippen LogP contribution in [0.1, 0.15) is 56.4 Å². The van der Waals surface area contributed by atoms with Crippen molar-refractivity contribution < 1.29 is 0 Å². The van der Waals surface area contributed by atoms with Crippen molar-refractivity contribution in [3.8, 4) is 12.3 Å². The molecule has 0 heterocycles. The molecule has 0 saturated carbocycles. The zero-order valence-corrected chi connectivity index (χ0v) is 13.9. The second-order valence-electron chi connectivity index (χ2n) is 6.71. The van der Waals surface area contributed by atoms with Gasteiger partial charge in [0.1, 0.15) is 0 Å². The van der Waals surface area contributed by atoms with Gasteiger partial charge in [-0.2, -0.15) is 0 Å². The Bertz CT molecular complexity index is 462. The first-order valence-corrected chi connectivity index (χ1v) is 7.57. The second-order valence-corrected chi connectivity index (χ2v) is 6.71. The molecule has 1 atom stereocenters. The van der Waals surface area contributed by atoms with Crippen LogP contribution in [-0.4, -0.2) is 12.6 Å². The average molecular weight is 271 g/mol. The van der Waals surface area contributed by atoms with Gasteiger partial charge < -0.3 is 5.32 Å². The van der Waals surface area contributed by atoms with E-state index in [2.05, 4.69) is 64.9 Å². The predicted molar refractivity (Wildman–Crippen MR) is 89.2 cm³/mol. The van der Waals surface area contributed by atoms with Gasteiger partial charge in [-0.25, -0.2) is 0 Å². The number of hydrogen-bond donors (Lipinski definition) is 1. The van der Waals surface area contributed by atoms with Gasteiger partial charge in [0.05, 0.1) is 0 Å². The van der Waals surface area contributed by atoms with Gasteiger partial charge >= 0.3 is 0 Å². The first-order valence-electron chi connectivity index (χ1n) is 7.57. The van der Waals surface area contributed by atoms with Crippen molar-refractivity contribution in [2.75, 3.05) is 6.54 Å². The van der Waals surface area contributed by atoms with E-state index in [0.29, 0.717) is 6.04 Å². The van der Waals surface area contributed by atoms with E-state index >= 15 is 0 Å². The molecule has 0 saturated heterocycles. The third-order valence-electron chi connectivity index (χ3n) is 3.87. The van der Waals surface area contributed by atoms with Crippen molar-refractivity contribution in [3.63, 3.8) is 0 Å². The van der Waals surface area contributed by atoms with Gasteiger partial charge in [0.15, 0.2) is 0 Å². The van der Waals surface area contributed by atoms with Crippen molar-refractivity contribution in [1.82, 2.24) is 5.32 Å². The highest BCUT2D eigenvalue weighted by Crippen LogP contribution is 2.27. The fourth-order valence-electron chi connectivity index (χ4n) is 2.64. The summed E-state index contributed by atoms with van der Waals surface area (Å²) in [7, 11) is 0. The topological polar surface area (TPSA) is 12.0 Å². The second kappa shape index (κ2) is 6.95. The fraction of sp³-hybridized carbons (Fsp3) is 0.579. The van der Waals surface area contributed by atoms with E-state index in [9.17, 15) is 0 Å². The van der Waals surface area contributed by atoms with Crippen LogP contribution in [0, 0.1) is 26.2 Å². The molecule has 1 rings (SSSR count). The van der Waals surface area contributed by atoms with E-state index in [0.717, 1.165) is 19.4 Å². The van der Waals surface area contributed by atoms with Crippen molar-refractivity contribution in [2.24, 2.45) is 0 Å². The van der Waals surface area contributed by atoms with Gasteiger partial charge in [-0.3, -0.25) is 0 Å². The molecule has 110 valence electrons. The molecule has 1 N–H and O–H groups in total. The fourth-order valence-corrected chi connectivity index (χ4v) is 2.64. The zero-order chi connectivity index (χ0) is 15.3. The van der Waals surface area contributed by atoms with E-state index in [4.69, 9.17) is 6.42 Å². The molecule has 0 aliphatic carbocycles.